The van der Waals surface area contributed by atoms with E-state index in [1.807, 2.05) is 6.92 Å². The molecule has 0 bridgehead atoms. The lowest BCUT2D eigenvalue weighted by Gasteiger charge is -2.37. The van der Waals surface area contributed by atoms with Gasteiger partial charge in [-0.2, -0.15) is 0 Å². The fourth-order valence-corrected chi connectivity index (χ4v) is 1.41. The second kappa shape index (κ2) is 3.35. The Morgan fingerprint density at radius 3 is 2.60 bits per heavy atom. The summed E-state index contributed by atoms with van der Waals surface area (Å²) in [5, 5.41) is 0. The Morgan fingerprint density at radius 1 is 1.60 bits per heavy atom. The molecule has 1 aliphatic rings. The first kappa shape index (κ1) is 8.02. The zero-order valence-electron chi connectivity index (χ0n) is 6.84. The standard InChI is InChI=1S/C8H17NO/c1-3-10-8-4-7(5-8)6(2)9/h6-8H,3-5,9H2,1-2H3. The lowest BCUT2D eigenvalue weighted by molar-refractivity contribution is -0.0298. The minimum absolute atomic E-state index is 0.358. The van der Waals surface area contributed by atoms with Crippen LogP contribution in [-0.2, 0) is 4.74 Å². The van der Waals surface area contributed by atoms with Crippen LogP contribution in [0.4, 0.5) is 0 Å². The molecular formula is C8H17NO. The summed E-state index contributed by atoms with van der Waals surface area (Å²) in [5.41, 5.74) is 5.70. The van der Waals surface area contributed by atoms with Gasteiger partial charge in [0, 0.05) is 12.6 Å². The Bertz CT molecular complexity index is 97.4. The van der Waals surface area contributed by atoms with Gasteiger partial charge in [0.15, 0.2) is 0 Å². The van der Waals surface area contributed by atoms with Crippen LogP contribution in [0.5, 0.6) is 0 Å². The Balaban J connectivity index is 2.06. The molecule has 2 nitrogen and oxygen atoms in total. The van der Waals surface area contributed by atoms with Gasteiger partial charge in [0.05, 0.1) is 6.10 Å². The maximum atomic E-state index is 5.70. The fourth-order valence-electron chi connectivity index (χ4n) is 1.41. The first-order chi connectivity index (χ1) is 4.74. The van der Waals surface area contributed by atoms with Crippen molar-refractivity contribution in [3.05, 3.63) is 0 Å². The summed E-state index contributed by atoms with van der Waals surface area (Å²) in [6, 6.07) is 0.358. The highest BCUT2D eigenvalue weighted by molar-refractivity contribution is 4.85. The largest absolute Gasteiger partial charge is 0.378 e. The van der Waals surface area contributed by atoms with Crippen LogP contribution in [0, 0.1) is 5.92 Å². The molecule has 1 fully saturated rings. The van der Waals surface area contributed by atoms with Crippen LogP contribution in [0.15, 0.2) is 0 Å². The lowest BCUT2D eigenvalue weighted by atomic mass is 9.78. The van der Waals surface area contributed by atoms with Crippen molar-refractivity contribution in [2.45, 2.75) is 38.8 Å². The molecule has 0 aliphatic heterocycles. The topological polar surface area (TPSA) is 35.2 Å². The molecule has 1 atom stereocenters. The van der Waals surface area contributed by atoms with Crippen molar-refractivity contribution in [3.8, 4) is 0 Å². The van der Waals surface area contributed by atoms with E-state index in [-0.39, 0.29) is 0 Å². The van der Waals surface area contributed by atoms with Gasteiger partial charge >= 0.3 is 0 Å². The molecule has 1 aliphatic carbocycles. The third kappa shape index (κ3) is 1.70. The van der Waals surface area contributed by atoms with Crippen molar-refractivity contribution in [2.24, 2.45) is 11.7 Å². The summed E-state index contributed by atoms with van der Waals surface area (Å²) < 4.78 is 5.40. The summed E-state index contributed by atoms with van der Waals surface area (Å²) in [4.78, 5) is 0. The predicted molar refractivity (Wildman–Crippen MR) is 41.8 cm³/mol. The average Bonchev–Trinajstić information content (AvgIpc) is 1.76. The van der Waals surface area contributed by atoms with E-state index < -0.39 is 0 Å². The zero-order valence-corrected chi connectivity index (χ0v) is 6.84. The Hall–Kier alpha value is -0.0800. The molecule has 1 rings (SSSR count). The summed E-state index contributed by atoms with van der Waals surface area (Å²) in [6.45, 7) is 4.96. The van der Waals surface area contributed by atoms with Crippen molar-refractivity contribution in [3.63, 3.8) is 0 Å². The molecule has 10 heavy (non-hydrogen) atoms. The summed E-state index contributed by atoms with van der Waals surface area (Å²) in [6.07, 6.45) is 2.86. The van der Waals surface area contributed by atoms with Crippen LogP contribution in [-0.4, -0.2) is 18.8 Å². The van der Waals surface area contributed by atoms with Crippen LogP contribution in [0.3, 0.4) is 0 Å². The van der Waals surface area contributed by atoms with Crippen LogP contribution in [0.25, 0.3) is 0 Å². The van der Waals surface area contributed by atoms with E-state index in [2.05, 4.69) is 6.92 Å². The summed E-state index contributed by atoms with van der Waals surface area (Å²) in [5.74, 6) is 0.719. The molecule has 2 N–H and O–H groups in total. The molecule has 0 heterocycles. The highest BCUT2D eigenvalue weighted by Gasteiger charge is 2.31. The van der Waals surface area contributed by atoms with Crippen molar-refractivity contribution in [1.82, 2.24) is 0 Å². The second-order valence-corrected chi connectivity index (χ2v) is 3.17. The molecule has 0 spiro atoms. The molecule has 0 radical (unpaired) electrons. The van der Waals surface area contributed by atoms with Gasteiger partial charge < -0.3 is 10.5 Å². The molecule has 0 aromatic carbocycles. The van der Waals surface area contributed by atoms with E-state index in [0.717, 1.165) is 12.5 Å². The molecule has 2 heteroatoms. The van der Waals surface area contributed by atoms with Gasteiger partial charge in [0.25, 0.3) is 0 Å². The number of rotatable bonds is 3. The van der Waals surface area contributed by atoms with Gasteiger partial charge in [-0.25, -0.2) is 0 Å². The number of nitrogens with two attached hydrogens (primary N) is 1. The van der Waals surface area contributed by atoms with E-state index in [0.29, 0.717) is 12.1 Å². The third-order valence-corrected chi connectivity index (χ3v) is 2.28. The van der Waals surface area contributed by atoms with Crippen LogP contribution in [0.1, 0.15) is 26.7 Å². The number of hydrogen-bond donors (Lipinski definition) is 1. The Morgan fingerprint density at radius 2 is 2.20 bits per heavy atom. The number of hydrogen-bond acceptors (Lipinski definition) is 2. The van der Waals surface area contributed by atoms with E-state index >= 15 is 0 Å². The maximum Gasteiger partial charge on any atom is 0.0581 e. The SMILES string of the molecule is CCOC1CC(C(C)N)C1. The quantitative estimate of drug-likeness (QED) is 0.643. The minimum atomic E-state index is 0.358. The Kier molecular flexibility index (Phi) is 2.69. The summed E-state index contributed by atoms with van der Waals surface area (Å²) in [7, 11) is 0. The molecular weight excluding hydrogens is 126 g/mol. The predicted octanol–water partition coefficient (Wildman–Crippen LogP) is 1.15. The van der Waals surface area contributed by atoms with Gasteiger partial charge in [-0.05, 0) is 32.6 Å². The van der Waals surface area contributed by atoms with Crippen LogP contribution >= 0.6 is 0 Å². The molecule has 0 aromatic heterocycles. The van der Waals surface area contributed by atoms with E-state index in [4.69, 9.17) is 10.5 Å². The van der Waals surface area contributed by atoms with Crippen molar-refractivity contribution in [1.29, 1.82) is 0 Å². The monoisotopic (exact) mass is 143 g/mol. The van der Waals surface area contributed by atoms with Crippen molar-refractivity contribution >= 4 is 0 Å². The highest BCUT2D eigenvalue weighted by atomic mass is 16.5. The summed E-state index contributed by atoms with van der Waals surface area (Å²) >= 11 is 0. The van der Waals surface area contributed by atoms with Gasteiger partial charge in [-0.1, -0.05) is 0 Å². The molecule has 0 saturated heterocycles. The molecule has 60 valence electrons. The third-order valence-electron chi connectivity index (χ3n) is 2.28. The average molecular weight is 143 g/mol. The molecule has 0 aromatic rings. The van der Waals surface area contributed by atoms with E-state index in [1.165, 1.54) is 12.8 Å². The first-order valence-corrected chi connectivity index (χ1v) is 4.11. The molecule has 0 amide bonds. The normalized spacial score (nSPS) is 35.1. The molecule has 1 saturated carbocycles. The fraction of sp³-hybridized carbons (Fsp3) is 1.00. The lowest BCUT2D eigenvalue weighted by Crippen LogP contribution is -2.41. The smallest absolute Gasteiger partial charge is 0.0581 e. The minimum Gasteiger partial charge on any atom is -0.378 e. The van der Waals surface area contributed by atoms with Crippen LogP contribution in [0.2, 0.25) is 0 Å². The van der Waals surface area contributed by atoms with Gasteiger partial charge in [-0.15, -0.1) is 0 Å². The number of ether oxygens (including phenoxy) is 1. The van der Waals surface area contributed by atoms with E-state index in [1.54, 1.807) is 0 Å². The highest BCUT2D eigenvalue weighted by Crippen LogP contribution is 2.31. The van der Waals surface area contributed by atoms with Crippen LogP contribution < -0.4 is 5.73 Å². The first-order valence-electron chi connectivity index (χ1n) is 4.11. The zero-order chi connectivity index (χ0) is 7.56. The van der Waals surface area contributed by atoms with Crippen molar-refractivity contribution < 1.29 is 4.74 Å². The second-order valence-electron chi connectivity index (χ2n) is 3.17. The van der Waals surface area contributed by atoms with Gasteiger partial charge in [0.2, 0.25) is 0 Å². The van der Waals surface area contributed by atoms with E-state index in [9.17, 15) is 0 Å². The molecule has 1 unspecified atom stereocenters. The Labute approximate surface area is 62.7 Å². The van der Waals surface area contributed by atoms with Crippen molar-refractivity contribution in [2.75, 3.05) is 6.61 Å². The van der Waals surface area contributed by atoms with Gasteiger partial charge in [-0.3, -0.25) is 0 Å². The maximum absolute atomic E-state index is 5.70. The van der Waals surface area contributed by atoms with Gasteiger partial charge in [0.1, 0.15) is 0 Å².